The maximum absolute atomic E-state index is 13.0. The van der Waals surface area contributed by atoms with Crippen molar-refractivity contribution in [2.45, 2.75) is 13.3 Å². The molecule has 0 unspecified atom stereocenters. The number of rotatable bonds is 7. The molecule has 2 heterocycles. The van der Waals surface area contributed by atoms with Gasteiger partial charge in [-0.25, -0.2) is 4.98 Å². The lowest BCUT2D eigenvalue weighted by Crippen LogP contribution is -2.47. The lowest BCUT2D eigenvalue weighted by atomic mass is 10.1. The van der Waals surface area contributed by atoms with Crippen LogP contribution in [0.1, 0.15) is 23.7 Å². The Bertz CT molecular complexity index is 832. The first-order valence-electron chi connectivity index (χ1n) is 10.1. The minimum absolute atomic E-state index is 0.0288. The maximum atomic E-state index is 13.0. The highest BCUT2D eigenvalue weighted by Crippen LogP contribution is 2.31. The normalized spacial score (nSPS) is 13.9. The van der Waals surface area contributed by atoms with Crippen LogP contribution in [0, 0.1) is 0 Å². The predicted molar refractivity (Wildman–Crippen MR) is 118 cm³/mol. The van der Waals surface area contributed by atoms with E-state index in [-0.39, 0.29) is 5.91 Å². The van der Waals surface area contributed by atoms with Gasteiger partial charge in [0.15, 0.2) is 0 Å². The molecular weight excluding hydrogens is 366 g/mol. The van der Waals surface area contributed by atoms with Crippen LogP contribution in [-0.4, -0.2) is 69.7 Å². The highest BCUT2D eigenvalue weighted by atomic mass is 16.5. The smallest absolute Gasteiger partial charge is 0.259 e. The second-order valence-electron chi connectivity index (χ2n) is 7.33. The number of piperazine rings is 1. The molecule has 0 atom stereocenters. The number of carbonyl (C=O) groups excluding carboxylic acids is 1. The number of aromatic nitrogens is 1. The van der Waals surface area contributed by atoms with Crippen LogP contribution in [0.15, 0.2) is 36.5 Å². The molecule has 1 aromatic carbocycles. The van der Waals surface area contributed by atoms with E-state index in [0.29, 0.717) is 5.56 Å². The molecule has 1 aliphatic rings. The summed E-state index contributed by atoms with van der Waals surface area (Å²) in [6.07, 6.45) is 2.77. The number of hydrogen-bond donors (Lipinski definition) is 1. The summed E-state index contributed by atoms with van der Waals surface area (Å²) in [6, 6.07) is 9.98. The molecular formula is C22H31N5O2. The van der Waals surface area contributed by atoms with Gasteiger partial charge < -0.3 is 24.8 Å². The van der Waals surface area contributed by atoms with E-state index in [1.54, 1.807) is 32.3 Å². The van der Waals surface area contributed by atoms with Gasteiger partial charge in [0.25, 0.3) is 5.91 Å². The Balaban J connectivity index is 1.83. The van der Waals surface area contributed by atoms with Crippen molar-refractivity contribution in [3.05, 3.63) is 42.1 Å². The van der Waals surface area contributed by atoms with E-state index in [0.717, 1.165) is 62.1 Å². The Morgan fingerprint density at radius 1 is 1.14 bits per heavy atom. The molecule has 1 fully saturated rings. The van der Waals surface area contributed by atoms with Crippen molar-refractivity contribution in [2.75, 3.05) is 69.0 Å². The summed E-state index contributed by atoms with van der Waals surface area (Å²) in [4.78, 5) is 23.7. The second-order valence-corrected chi connectivity index (χ2v) is 7.33. The minimum atomic E-state index is -0.0288. The molecule has 2 aromatic rings. The van der Waals surface area contributed by atoms with E-state index in [4.69, 9.17) is 4.74 Å². The summed E-state index contributed by atoms with van der Waals surface area (Å²) >= 11 is 0. The molecule has 0 spiro atoms. The number of methoxy groups -OCH3 is 1. The van der Waals surface area contributed by atoms with Crippen molar-refractivity contribution >= 4 is 23.1 Å². The van der Waals surface area contributed by atoms with Crippen LogP contribution in [-0.2, 0) is 0 Å². The fourth-order valence-corrected chi connectivity index (χ4v) is 3.58. The Kier molecular flexibility index (Phi) is 6.80. The third-order valence-corrected chi connectivity index (χ3v) is 5.12. The average molecular weight is 398 g/mol. The number of pyridine rings is 1. The highest BCUT2D eigenvalue weighted by Gasteiger charge is 2.26. The third-order valence-electron chi connectivity index (χ3n) is 5.12. The van der Waals surface area contributed by atoms with Crippen molar-refractivity contribution in [3.63, 3.8) is 0 Å². The Morgan fingerprint density at radius 2 is 1.83 bits per heavy atom. The molecule has 29 heavy (non-hydrogen) atoms. The molecule has 1 aromatic heterocycles. The molecule has 1 N–H and O–H groups in total. The molecule has 0 aliphatic carbocycles. The zero-order valence-corrected chi connectivity index (χ0v) is 17.8. The van der Waals surface area contributed by atoms with E-state index in [1.165, 1.54) is 0 Å². The van der Waals surface area contributed by atoms with Gasteiger partial charge in [0.05, 0.1) is 18.5 Å². The van der Waals surface area contributed by atoms with E-state index in [9.17, 15) is 4.79 Å². The summed E-state index contributed by atoms with van der Waals surface area (Å²) < 4.78 is 5.51. The SMILES string of the molecule is CCCNc1ccnc(N2CCN(c3ccccc3OC)CC2)c1C(=O)N(C)C. The first kappa shape index (κ1) is 20.8. The molecule has 3 rings (SSSR count). The van der Waals surface area contributed by atoms with Crippen molar-refractivity contribution in [3.8, 4) is 5.75 Å². The summed E-state index contributed by atoms with van der Waals surface area (Å²) in [6.45, 7) is 6.18. The molecule has 0 saturated carbocycles. The van der Waals surface area contributed by atoms with Crippen LogP contribution in [0.25, 0.3) is 0 Å². The fourth-order valence-electron chi connectivity index (χ4n) is 3.58. The number of anilines is 3. The van der Waals surface area contributed by atoms with Crippen molar-refractivity contribution in [2.24, 2.45) is 0 Å². The number of carbonyl (C=O) groups is 1. The van der Waals surface area contributed by atoms with E-state index < -0.39 is 0 Å². The zero-order valence-electron chi connectivity index (χ0n) is 17.8. The molecule has 1 amide bonds. The largest absolute Gasteiger partial charge is 0.495 e. The lowest BCUT2D eigenvalue weighted by Gasteiger charge is -2.38. The van der Waals surface area contributed by atoms with Crippen LogP contribution < -0.4 is 19.9 Å². The van der Waals surface area contributed by atoms with Crippen LogP contribution >= 0.6 is 0 Å². The Hall–Kier alpha value is -2.96. The first-order valence-corrected chi connectivity index (χ1v) is 10.1. The maximum Gasteiger partial charge on any atom is 0.259 e. The summed E-state index contributed by atoms with van der Waals surface area (Å²) in [7, 11) is 5.26. The van der Waals surface area contributed by atoms with Crippen molar-refractivity contribution in [1.29, 1.82) is 0 Å². The van der Waals surface area contributed by atoms with Gasteiger partial charge in [0.1, 0.15) is 17.1 Å². The number of hydrogen-bond acceptors (Lipinski definition) is 6. The number of benzene rings is 1. The van der Waals surface area contributed by atoms with Crippen LogP contribution in [0.5, 0.6) is 5.75 Å². The van der Waals surface area contributed by atoms with E-state index >= 15 is 0 Å². The van der Waals surface area contributed by atoms with Crippen LogP contribution in [0.3, 0.4) is 0 Å². The first-order chi connectivity index (χ1) is 14.1. The number of nitrogens with zero attached hydrogens (tertiary/aromatic N) is 4. The number of para-hydroxylation sites is 2. The monoisotopic (exact) mass is 397 g/mol. The van der Waals surface area contributed by atoms with Gasteiger partial charge in [-0.3, -0.25) is 4.79 Å². The van der Waals surface area contributed by atoms with Crippen molar-refractivity contribution in [1.82, 2.24) is 9.88 Å². The Morgan fingerprint density at radius 3 is 2.48 bits per heavy atom. The molecule has 0 bridgehead atoms. The van der Waals surface area contributed by atoms with Gasteiger partial charge >= 0.3 is 0 Å². The molecule has 7 heteroatoms. The van der Waals surface area contributed by atoms with Crippen LogP contribution in [0.2, 0.25) is 0 Å². The van der Waals surface area contributed by atoms with Gasteiger partial charge in [-0.15, -0.1) is 0 Å². The number of amides is 1. The topological polar surface area (TPSA) is 60.9 Å². The minimum Gasteiger partial charge on any atom is -0.495 e. The van der Waals surface area contributed by atoms with E-state index in [1.807, 2.05) is 24.3 Å². The van der Waals surface area contributed by atoms with Crippen LogP contribution in [0.4, 0.5) is 17.2 Å². The summed E-state index contributed by atoms with van der Waals surface area (Å²) in [5.41, 5.74) is 2.60. The average Bonchev–Trinajstić information content (AvgIpc) is 2.76. The number of ether oxygens (including phenoxy) is 1. The zero-order chi connectivity index (χ0) is 20.8. The van der Waals surface area contributed by atoms with E-state index in [2.05, 4.69) is 33.1 Å². The molecule has 1 aliphatic heterocycles. The van der Waals surface area contributed by atoms with Gasteiger partial charge in [-0.2, -0.15) is 0 Å². The standard InChI is InChI=1S/C22H31N5O2/c1-5-11-23-17-10-12-24-21(20(17)22(28)25(2)3)27-15-13-26(14-16-27)18-8-6-7-9-19(18)29-4/h6-10,12H,5,11,13-16H2,1-4H3,(H,23,24). The molecule has 1 saturated heterocycles. The summed E-state index contributed by atoms with van der Waals surface area (Å²) in [5.74, 6) is 1.61. The molecule has 7 nitrogen and oxygen atoms in total. The number of nitrogens with one attached hydrogen (secondary N) is 1. The fraction of sp³-hybridized carbons (Fsp3) is 0.455. The van der Waals surface area contributed by atoms with Gasteiger partial charge in [-0.1, -0.05) is 19.1 Å². The Labute approximate surface area is 173 Å². The van der Waals surface area contributed by atoms with Gasteiger partial charge in [0, 0.05) is 53.0 Å². The molecule has 0 radical (unpaired) electrons. The lowest BCUT2D eigenvalue weighted by molar-refractivity contribution is 0.0828. The van der Waals surface area contributed by atoms with Crippen molar-refractivity contribution < 1.29 is 9.53 Å². The predicted octanol–water partition coefficient (Wildman–Crippen LogP) is 2.94. The second kappa shape index (κ2) is 9.49. The highest BCUT2D eigenvalue weighted by molar-refractivity contribution is 6.04. The molecule has 156 valence electrons. The van der Waals surface area contributed by atoms with Gasteiger partial charge in [0.2, 0.25) is 0 Å². The summed E-state index contributed by atoms with van der Waals surface area (Å²) in [5, 5.41) is 3.39. The quantitative estimate of drug-likeness (QED) is 0.775. The van der Waals surface area contributed by atoms with Gasteiger partial charge in [-0.05, 0) is 24.6 Å². The third kappa shape index (κ3) is 4.55.